The third-order valence-electron chi connectivity index (χ3n) is 4.57. The van der Waals surface area contributed by atoms with Gasteiger partial charge in [-0.3, -0.25) is 4.79 Å². The van der Waals surface area contributed by atoms with Crippen molar-refractivity contribution < 1.29 is 4.79 Å². The van der Waals surface area contributed by atoms with Crippen molar-refractivity contribution in [1.82, 2.24) is 20.1 Å². The van der Waals surface area contributed by atoms with Gasteiger partial charge in [0.25, 0.3) is 5.91 Å². The lowest BCUT2D eigenvalue weighted by molar-refractivity contribution is 0.0943. The molecule has 0 aliphatic rings. The molecule has 0 saturated carbocycles. The number of hydrogen-bond donors (Lipinski definition) is 1. The zero-order valence-corrected chi connectivity index (χ0v) is 15.3. The Morgan fingerprint density at radius 3 is 2.00 bits per heavy atom. The summed E-state index contributed by atoms with van der Waals surface area (Å²) in [5.41, 5.74) is 3.78. The Kier molecular flexibility index (Phi) is 5.24. The second-order valence-electron chi connectivity index (χ2n) is 6.52. The van der Waals surface area contributed by atoms with E-state index in [1.165, 1.54) is 6.33 Å². The van der Waals surface area contributed by atoms with E-state index in [0.717, 1.165) is 16.7 Å². The first-order valence-electron chi connectivity index (χ1n) is 9.12. The summed E-state index contributed by atoms with van der Waals surface area (Å²) >= 11 is 0. The Balaban J connectivity index is 1.53. The summed E-state index contributed by atoms with van der Waals surface area (Å²) in [4.78, 5) is 16.8. The van der Waals surface area contributed by atoms with Gasteiger partial charge in [0.15, 0.2) is 0 Å². The number of benzene rings is 3. The van der Waals surface area contributed by atoms with E-state index in [0.29, 0.717) is 12.1 Å². The summed E-state index contributed by atoms with van der Waals surface area (Å²) in [7, 11) is 0. The molecular weight excluding hydrogens is 348 g/mol. The summed E-state index contributed by atoms with van der Waals surface area (Å²) in [6, 6.07) is 27.3. The number of amides is 1. The molecule has 1 N–H and O–H groups in total. The van der Waals surface area contributed by atoms with Gasteiger partial charge >= 0.3 is 0 Å². The van der Waals surface area contributed by atoms with Gasteiger partial charge in [-0.1, -0.05) is 72.8 Å². The van der Waals surface area contributed by atoms with E-state index in [1.54, 1.807) is 11.0 Å². The van der Waals surface area contributed by atoms with E-state index in [1.807, 2.05) is 84.9 Å². The van der Waals surface area contributed by atoms with Crippen LogP contribution < -0.4 is 5.32 Å². The minimum Gasteiger partial charge on any atom is -0.341 e. The second-order valence-corrected chi connectivity index (χ2v) is 6.52. The van der Waals surface area contributed by atoms with E-state index in [9.17, 15) is 4.79 Å². The summed E-state index contributed by atoms with van der Waals surface area (Å²) < 4.78 is 1.75. The first-order valence-corrected chi connectivity index (χ1v) is 9.12. The molecule has 0 atom stereocenters. The van der Waals surface area contributed by atoms with Crippen molar-refractivity contribution in [3.63, 3.8) is 0 Å². The maximum Gasteiger partial charge on any atom is 0.252 e. The average molecular weight is 368 g/mol. The average Bonchev–Trinajstić information content (AvgIpc) is 3.27. The number of nitrogens with one attached hydrogen (secondary N) is 1. The number of carbonyl (C=O) groups is 1. The third-order valence-corrected chi connectivity index (χ3v) is 4.57. The maximum atomic E-state index is 12.9. The first kappa shape index (κ1) is 17.7. The summed E-state index contributed by atoms with van der Waals surface area (Å²) in [6.45, 7) is 0.624. The smallest absolute Gasteiger partial charge is 0.252 e. The molecule has 0 unspecified atom stereocenters. The fourth-order valence-corrected chi connectivity index (χ4v) is 3.13. The number of rotatable bonds is 6. The molecule has 0 fully saturated rings. The zero-order chi connectivity index (χ0) is 19.2. The van der Waals surface area contributed by atoms with Crippen LogP contribution in [0.25, 0.3) is 0 Å². The van der Waals surface area contributed by atoms with Gasteiger partial charge in [0, 0.05) is 5.56 Å². The molecule has 4 aromatic rings. The molecule has 28 heavy (non-hydrogen) atoms. The molecule has 5 nitrogen and oxygen atoms in total. The predicted molar refractivity (Wildman–Crippen MR) is 108 cm³/mol. The van der Waals surface area contributed by atoms with Crippen molar-refractivity contribution in [3.8, 4) is 0 Å². The van der Waals surface area contributed by atoms with Gasteiger partial charge in [0.2, 0.25) is 0 Å². The van der Waals surface area contributed by atoms with Crippen LogP contribution in [0.4, 0.5) is 0 Å². The summed E-state index contributed by atoms with van der Waals surface area (Å²) in [6.07, 6.45) is 3.18. The van der Waals surface area contributed by atoms with Gasteiger partial charge in [-0.05, 0) is 28.8 Å². The van der Waals surface area contributed by atoms with Crippen LogP contribution in [0, 0.1) is 0 Å². The summed E-state index contributed by atoms with van der Waals surface area (Å²) in [5, 5.41) is 7.27. The topological polar surface area (TPSA) is 59.8 Å². The van der Waals surface area contributed by atoms with Gasteiger partial charge in [0.1, 0.15) is 12.7 Å². The molecule has 0 spiro atoms. The second kappa shape index (κ2) is 8.31. The lowest BCUT2D eigenvalue weighted by Crippen LogP contribution is -2.29. The van der Waals surface area contributed by atoms with Crippen LogP contribution in [-0.4, -0.2) is 20.7 Å². The molecule has 138 valence electrons. The molecular formula is C23H20N4O. The van der Waals surface area contributed by atoms with Crippen molar-refractivity contribution in [2.45, 2.75) is 12.6 Å². The lowest BCUT2D eigenvalue weighted by Gasteiger charge is -2.20. The van der Waals surface area contributed by atoms with E-state index in [4.69, 9.17) is 0 Å². The molecule has 0 aliphatic carbocycles. The van der Waals surface area contributed by atoms with Crippen molar-refractivity contribution in [3.05, 3.63) is 120 Å². The van der Waals surface area contributed by atoms with Gasteiger partial charge in [-0.25, -0.2) is 9.67 Å². The molecule has 1 aromatic heterocycles. The highest BCUT2D eigenvalue weighted by Crippen LogP contribution is 2.22. The SMILES string of the molecule is O=C(NC(c1ccccc1)c1ccccc1)c1ccc(Cn2cncn2)cc1. The number of aromatic nitrogens is 3. The number of hydrogen-bond acceptors (Lipinski definition) is 3. The fraction of sp³-hybridized carbons (Fsp3) is 0.0870. The Morgan fingerprint density at radius 2 is 1.46 bits per heavy atom. The highest BCUT2D eigenvalue weighted by atomic mass is 16.1. The predicted octanol–water partition coefficient (Wildman–Crippen LogP) is 3.85. The minimum absolute atomic E-state index is 0.106. The van der Waals surface area contributed by atoms with Crippen molar-refractivity contribution in [1.29, 1.82) is 0 Å². The van der Waals surface area contributed by atoms with Crippen molar-refractivity contribution in [2.75, 3.05) is 0 Å². The van der Waals surface area contributed by atoms with Crippen LogP contribution in [0.3, 0.4) is 0 Å². The van der Waals surface area contributed by atoms with Crippen LogP contribution in [0.15, 0.2) is 97.6 Å². The fourth-order valence-electron chi connectivity index (χ4n) is 3.13. The number of carbonyl (C=O) groups excluding carboxylic acids is 1. The van der Waals surface area contributed by atoms with Gasteiger partial charge < -0.3 is 5.32 Å². The van der Waals surface area contributed by atoms with Gasteiger partial charge in [-0.15, -0.1) is 0 Å². The Morgan fingerprint density at radius 1 is 0.857 bits per heavy atom. The highest BCUT2D eigenvalue weighted by Gasteiger charge is 2.17. The Labute approximate surface area is 163 Å². The largest absolute Gasteiger partial charge is 0.341 e. The quantitative estimate of drug-likeness (QED) is 0.562. The normalized spacial score (nSPS) is 10.8. The molecule has 0 saturated heterocycles. The molecule has 5 heteroatoms. The molecule has 0 bridgehead atoms. The lowest BCUT2D eigenvalue weighted by atomic mass is 9.98. The van der Waals surface area contributed by atoms with E-state index >= 15 is 0 Å². The molecule has 0 radical (unpaired) electrons. The van der Waals surface area contributed by atoms with Crippen LogP contribution in [0.1, 0.15) is 33.1 Å². The minimum atomic E-state index is -0.204. The highest BCUT2D eigenvalue weighted by molar-refractivity contribution is 5.94. The van der Waals surface area contributed by atoms with Crippen LogP contribution in [-0.2, 0) is 6.54 Å². The van der Waals surface area contributed by atoms with E-state index in [2.05, 4.69) is 15.4 Å². The van der Waals surface area contributed by atoms with Crippen molar-refractivity contribution >= 4 is 5.91 Å². The maximum absolute atomic E-state index is 12.9. The summed E-state index contributed by atoms with van der Waals surface area (Å²) in [5.74, 6) is -0.106. The van der Waals surface area contributed by atoms with Gasteiger partial charge in [-0.2, -0.15) is 5.10 Å². The molecule has 4 rings (SSSR count). The standard InChI is InChI=1S/C23H20N4O/c28-23(21-13-11-18(12-14-21)15-27-17-24-16-25-27)26-22(19-7-3-1-4-8-19)20-9-5-2-6-10-20/h1-14,16-17,22H,15H2,(H,26,28). The van der Waals surface area contributed by atoms with Gasteiger partial charge in [0.05, 0.1) is 12.6 Å². The molecule has 1 amide bonds. The molecule has 3 aromatic carbocycles. The van der Waals surface area contributed by atoms with E-state index in [-0.39, 0.29) is 11.9 Å². The van der Waals surface area contributed by atoms with Crippen LogP contribution >= 0.6 is 0 Å². The Hall–Kier alpha value is -3.73. The molecule has 1 heterocycles. The molecule has 0 aliphatic heterocycles. The number of nitrogens with zero attached hydrogens (tertiary/aromatic N) is 3. The van der Waals surface area contributed by atoms with E-state index < -0.39 is 0 Å². The Bertz CT molecular complexity index is 974. The van der Waals surface area contributed by atoms with Crippen LogP contribution in [0.5, 0.6) is 0 Å². The monoisotopic (exact) mass is 368 g/mol. The first-order chi connectivity index (χ1) is 13.8. The third kappa shape index (κ3) is 4.15. The van der Waals surface area contributed by atoms with Crippen LogP contribution in [0.2, 0.25) is 0 Å². The zero-order valence-electron chi connectivity index (χ0n) is 15.3. The van der Waals surface area contributed by atoms with Crippen molar-refractivity contribution in [2.24, 2.45) is 0 Å².